The second kappa shape index (κ2) is 6.52. The molecule has 0 amide bonds. The normalized spacial score (nSPS) is 14.7. The Labute approximate surface area is 109 Å². The van der Waals surface area contributed by atoms with E-state index in [2.05, 4.69) is 39.5 Å². The minimum absolute atomic E-state index is 0.662. The van der Waals surface area contributed by atoms with Crippen molar-refractivity contribution in [3.8, 4) is 0 Å². The summed E-state index contributed by atoms with van der Waals surface area (Å²) in [4.78, 5) is 6.54. The van der Waals surface area contributed by atoms with E-state index < -0.39 is 0 Å². The zero-order valence-electron chi connectivity index (χ0n) is 11.1. The van der Waals surface area contributed by atoms with Crippen LogP contribution in [-0.4, -0.2) is 51.1 Å². The van der Waals surface area contributed by atoms with Crippen LogP contribution in [-0.2, 0) is 11.3 Å². The van der Waals surface area contributed by atoms with Gasteiger partial charge in [-0.1, -0.05) is 18.2 Å². The van der Waals surface area contributed by atoms with Gasteiger partial charge in [0.25, 0.3) is 0 Å². The highest BCUT2D eigenvalue weighted by Gasteiger charge is 2.07. The fraction of sp³-hybridized carbons (Fsp3) is 0.500. The van der Waals surface area contributed by atoms with Crippen LogP contribution in [0.2, 0.25) is 0 Å². The molecule has 0 spiro atoms. The topological polar surface area (TPSA) is 36.9 Å². The van der Waals surface area contributed by atoms with E-state index in [0.717, 1.165) is 37.6 Å². The number of amidine groups is 1. The van der Waals surface area contributed by atoms with Crippen molar-refractivity contribution in [1.29, 1.82) is 0 Å². The molecule has 98 valence electrons. The maximum atomic E-state index is 5.65. The molecule has 1 aliphatic rings. The van der Waals surface area contributed by atoms with Crippen LogP contribution >= 0.6 is 0 Å². The van der Waals surface area contributed by atoms with E-state index in [4.69, 9.17) is 4.74 Å². The maximum absolute atomic E-state index is 5.65. The van der Waals surface area contributed by atoms with E-state index >= 15 is 0 Å². The van der Waals surface area contributed by atoms with Crippen LogP contribution in [0.1, 0.15) is 11.1 Å². The lowest BCUT2D eigenvalue weighted by Gasteiger charge is -2.10. The first kappa shape index (κ1) is 13.1. The summed E-state index contributed by atoms with van der Waals surface area (Å²) in [5.74, 6) is 1.00. The Bertz CT molecular complexity index is 415. The molecule has 4 heteroatoms. The lowest BCUT2D eigenvalue weighted by molar-refractivity contribution is 0.105. The minimum atomic E-state index is 0.662. The van der Waals surface area contributed by atoms with E-state index in [1.165, 1.54) is 5.56 Å². The first-order chi connectivity index (χ1) is 8.75. The van der Waals surface area contributed by atoms with E-state index in [1.807, 2.05) is 14.1 Å². The van der Waals surface area contributed by atoms with Gasteiger partial charge in [0.2, 0.25) is 0 Å². The van der Waals surface area contributed by atoms with Crippen molar-refractivity contribution in [2.45, 2.75) is 6.61 Å². The van der Waals surface area contributed by atoms with E-state index in [1.54, 1.807) is 0 Å². The number of rotatable bonds is 6. The Balaban J connectivity index is 1.87. The molecule has 4 nitrogen and oxygen atoms in total. The molecule has 2 rings (SSSR count). The quantitative estimate of drug-likeness (QED) is 0.765. The monoisotopic (exact) mass is 247 g/mol. The predicted octanol–water partition coefficient (Wildman–Crippen LogP) is 1.11. The molecule has 0 aliphatic carbocycles. The van der Waals surface area contributed by atoms with Gasteiger partial charge >= 0.3 is 0 Å². The number of nitrogens with one attached hydrogen (secondary N) is 1. The molecule has 0 saturated heterocycles. The molecule has 1 heterocycles. The largest absolute Gasteiger partial charge is 0.375 e. The highest BCUT2D eigenvalue weighted by atomic mass is 16.5. The summed E-state index contributed by atoms with van der Waals surface area (Å²) < 4.78 is 5.65. The highest BCUT2D eigenvalue weighted by Crippen LogP contribution is 2.08. The van der Waals surface area contributed by atoms with Gasteiger partial charge in [-0.15, -0.1) is 0 Å². The molecule has 1 N–H and O–H groups in total. The summed E-state index contributed by atoms with van der Waals surface area (Å²) in [6, 6.07) is 8.38. The summed E-state index contributed by atoms with van der Waals surface area (Å²) in [5, 5.41) is 3.28. The Morgan fingerprint density at radius 1 is 1.39 bits per heavy atom. The van der Waals surface area contributed by atoms with E-state index in [0.29, 0.717) is 6.61 Å². The van der Waals surface area contributed by atoms with Crippen LogP contribution in [0.5, 0.6) is 0 Å². The Morgan fingerprint density at radius 3 is 3.00 bits per heavy atom. The SMILES string of the molecule is CN(C)CCOCc1cccc(C2=NCCN2)c1. The summed E-state index contributed by atoms with van der Waals surface area (Å²) in [7, 11) is 4.10. The van der Waals surface area contributed by atoms with Crippen LogP contribution < -0.4 is 5.32 Å². The van der Waals surface area contributed by atoms with Crippen molar-refractivity contribution in [3.05, 3.63) is 35.4 Å². The van der Waals surface area contributed by atoms with Crippen molar-refractivity contribution < 1.29 is 4.74 Å². The second-order valence-corrected chi connectivity index (χ2v) is 4.71. The summed E-state index contributed by atoms with van der Waals surface area (Å²) in [5.41, 5.74) is 2.35. The van der Waals surface area contributed by atoms with Crippen LogP contribution in [0.15, 0.2) is 29.3 Å². The molecule has 0 unspecified atom stereocenters. The number of aliphatic imine (C=N–C) groups is 1. The van der Waals surface area contributed by atoms with Crippen LogP contribution in [0.4, 0.5) is 0 Å². The average molecular weight is 247 g/mol. The Hall–Kier alpha value is -1.39. The first-order valence-corrected chi connectivity index (χ1v) is 6.36. The number of benzene rings is 1. The van der Waals surface area contributed by atoms with Crippen molar-refractivity contribution in [2.75, 3.05) is 40.3 Å². The van der Waals surface area contributed by atoms with Gasteiger partial charge in [-0.2, -0.15) is 0 Å². The Morgan fingerprint density at radius 2 is 2.28 bits per heavy atom. The summed E-state index contributed by atoms with van der Waals surface area (Å²) in [6.07, 6.45) is 0. The zero-order valence-corrected chi connectivity index (χ0v) is 11.1. The minimum Gasteiger partial charge on any atom is -0.375 e. The summed E-state index contributed by atoms with van der Waals surface area (Å²) in [6.45, 7) is 4.19. The van der Waals surface area contributed by atoms with Gasteiger partial charge in [0.05, 0.1) is 19.8 Å². The number of hydrogen-bond acceptors (Lipinski definition) is 4. The third-order valence-electron chi connectivity index (χ3n) is 2.83. The van der Waals surface area contributed by atoms with Crippen LogP contribution in [0.25, 0.3) is 0 Å². The first-order valence-electron chi connectivity index (χ1n) is 6.36. The fourth-order valence-corrected chi connectivity index (χ4v) is 1.84. The Kier molecular flexibility index (Phi) is 4.73. The van der Waals surface area contributed by atoms with Gasteiger partial charge in [0, 0.05) is 18.7 Å². The van der Waals surface area contributed by atoms with E-state index in [9.17, 15) is 0 Å². The fourth-order valence-electron chi connectivity index (χ4n) is 1.84. The molecule has 0 aromatic heterocycles. The van der Waals surface area contributed by atoms with Crippen molar-refractivity contribution in [2.24, 2.45) is 4.99 Å². The van der Waals surface area contributed by atoms with E-state index in [-0.39, 0.29) is 0 Å². The molecule has 1 aliphatic heterocycles. The molecule has 0 radical (unpaired) electrons. The van der Waals surface area contributed by atoms with Crippen molar-refractivity contribution in [3.63, 3.8) is 0 Å². The number of hydrogen-bond donors (Lipinski definition) is 1. The third-order valence-corrected chi connectivity index (χ3v) is 2.83. The number of likely N-dealkylation sites (N-methyl/N-ethyl adjacent to an activating group) is 1. The third kappa shape index (κ3) is 3.82. The molecule has 0 saturated carbocycles. The summed E-state index contributed by atoms with van der Waals surface area (Å²) >= 11 is 0. The van der Waals surface area contributed by atoms with Crippen LogP contribution in [0.3, 0.4) is 0 Å². The molecule has 1 aromatic rings. The number of ether oxygens (including phenoxy) is 1. The standard InChI is InChI=1S/C14H21N3O/c1-17(2)8-9-18-11-12-4-3-5-13(10-12)14-15-6-7-16-14/h3-5,10H,6-9,11H2,1-2H3,(H,15,16). The molecule has 0 fully saturated rings. The molecular weight excluding hydrogens is 226 g/mol. The second-order valence-electron chi connectivity index (χ2n) is 4.71. The molecule has 0 atom stereocenters. The average Bonchev–Trinajstić information content (AvgIpc) is 2.89. The smallest absolute Gasteiger partial charge is 0.128 e. The molecule has 0 bridgehead atoms. The lowest BCUT2D eigenvalue weighted by Crippen LogP contribution is -2.19. The predicted molar refractivity (Wildman–Crippen MR) is 74.1 cm³/mol. The van der Waals surface area contributed by atoms with Gasteiger partial charge in [-0.05, 0) is 25.7 Å². The van der Waals surface area contributed by atoms with Gasteiger partial charge in [0.15, 0.2) is 0 Å². The van der Waals surface area contributed by atoms with Crippen molar-refractivity contribution in [1.82, 2.24) is 10.2 Å². The molecule has 18 heavy (non-hydrogen) atoms. The van der Waals surface area contributed by atoms with Gasteiger partial charge < -0.3 is 15.0 Å². The molecule has 1 aromatic carbocycles. The zero-order chi connectivity index (χ0) is 12.8. The van der Waals surface area contributed by atoms with Crippen LogP contribution in [0, 0.1) is 0 Å². The lowest BCUT2D eigenvalue weighted by atomic mass is 10.1. The number of nitrogens with zero attached hydrogens (tertiary/aromatic N) is 2. The highest BCUT2D eigenvalue weighted by molar-refractivity contribution is 5.99. The molecular formula is C14H21N3O. The van der Waals surface area contributed by atoms with Gasteiger partial charge in [-0.25, -0.2) is 0 Å². The van der Waals surface area contributed by atoms with Crippen molar-refractivity contribution >= 4 is 5.84 Å². The van der Waals surface area contributed by atoms with Gasteiger partial charge in [0.1, 0.15) is 5.84 Å². The van der Waals surface area contributed by atoms with Gasteiger partial charge in [-0.3, -0.25) is 4.99 Å². The maximum Gasteiger partial charge on any atom is 0.128 e.